The van der Waals surface area contributed by atoms with Crippen molar-refractivity contribution < 1.29 is 13.2 Å². The number of aryl methyl sites for hydroxylation is 1. The summed E-state index contributed by atoms with van der Waals surface area (Å²) in [4.78, 5) is 3.98. The van der Waals surface area contributed by atoms with Gasteiger partial charge in [-0.3, -0.25) is 4.98 Å². The molecule has 0 radical (unpaired) electrons. The number of nitrogen functional groups attached to an aromatic ring is 1. The molecule has 0 aliphatic heterocycles. The standard InChI is InChI=1S/C12H9F3N2/c1-6-2-8(16)5-17-12(6)7-3-9(13)11(15)10(14)4-7/h2-5H,16H2,1H3. The molecule has 2 rings (SSSR count). The molecule has 0 saturated heterocycles. The molecule has 0 aliphatic rings. The number of rotatable bonds is 1. The van der Waals surface area contributed by atoms with Crippen LogP contribution in [0, 0.1) is 24.4 Å². The number of aromatic nitrogens is 1. The van der Waals surface area contributed by atoms with Gasteiger partial charge in [-0.25, -0.2) is 13.2 Å². The fourth-order valence-corrected chi connectivity index (χ4v) is 1.59. The highest BCUT2D eigenvalue weighted by Gasteiger charge is 2.13. The quantitative estimate of drug-likeness (QED) is 0.775. The summed E-state index contributed by atoms with van der Waals surface area (Å²) in [6, 6.07) is 3.44. The van der Waals surface area contributed by atoms with Gasteiger partial charge in [-0.1, -0.05) is 0 Å². The minimum Gasteiger partial charge on any atom is -0.397 e. The van der Waals surface area contributed by atoms with Crippen LogP contribution in [-0.2, 0) is 0 Å². The van der Waals surface area contributed by atoms with E-state index in [1.807, 2.05) is 0 Å². The first-order valence-corrected chi connectivity index (χ1v) is 4.86. The van der Waals surface area contributed by atoms with Gasteiger partial charge in [-0.15, -0.1) is 0 Å². The van der Waals surface area contributed by atoms with Crippen molar-refractivity contribution in [1.29, 1.82) is 0 Å². The number of hydrogen-bond donors (Lipinski definition) is 1. The lowest BCUT2D eigenvalue weighted by Gasteiger charge is -2.06. The Kier molecular flexibility index (Phi) is 2.75. The van der Waals surface area contributed by atoms with Crippen LogP contribution in [-0.4, -0.2) is 4.98 Å². The van der Waals surface area contributed by atoms with Crippen LogP contribution in [0.4, 0.5) is 18.9 Å². The molecule has 5 heteroatoms. The molecule has 2 N–H and O–H groups in total. The van der Waals surface area contributed by atoms with Gasteiger partial charge in [0.2, 0.25) is 0 Å². The molecule has 2 aromatic rings. The van der Waals surface area contributed by atoms with Gasteiger partial charge < -0.3 is 5.73 Å². The van der Waals surface area contributed by atoms with Gasteiger partial charge in [0.15, 0.2) is 17.5 Å². The number of benzene rings is 1. The van der Waals surface area contributed by atoms with Gasteiger partial charge in [0, 0.05) is 5.56 Å². The molecule has 88 valence electrons. The van der Waals surface area contributed by atoms with Crippen molar-refractivity contribution in [2.24, 2.45) is 0 Å². The molecule has 0 spiro atoms. The Labute approximate surface area is 95.9 Å². The molecule has 0 amide bonds. The van der Waals surface area contributed by atoms with Gasteiger partial charge >= 0.3 is 0 Å². The van der Waals surface area contributed by atoms with E-state index in [0.29, 0.717) is 16.9 Å². The van der Waals surface area contributed by atoms with Crippen molar-refractivity contribution in [2.75, 3.05) is 5.73 Å². The zero-order valence-electron chi connectivity index (χ0n) is 8.97. The largest absolute Gasteiger partial charge is 0.397 e. The van der Waals surface area contributed by atoms with Crippen molar-refractivity contribution in [3.8, 4) is 11.3 Å². The third kappa shape index (κ3) is 2.08. The average Bonchev–Trinajstić information content (AvgIpc) is 2.25. The molecule has 1 aromatic carbocycles. The normalized spacial score (nSPS) is 10.6. The first kappa shape index (κ1) is 11.4. The summed E-state index contributed by atoms with van der Waals surface area (Å²) in [5.74, 6) is -3.96. The highest BCUT2D eigenvalue weighted by atomic mass is 19.2. The molecule has 1 heterocycles. The van der Waals surface area contributed by atoms with Crippen molar-refractivity contribution in [1.82, 2.24) is 4.98 Å². The molecule has 1 aromatic heterocycles. The summed E-state index contributed by atoms with van der Waals surface area (Å²) in [6.07, 6.45) is 1.38. The summed E-state index contributed by atoms with van der Waals surface area (Å²) in [6.45, 7) is 1.71. The van der Waals surface area contributed by atoms with Gasteiger partial charge in [-0.2, -0.15) is 0 Å². The third-order valence-corrected chi connectivity index (χ3v) is 2.36. The van der Waals surface area contributed by atoms with E-state index in [1.165, 1.54) is 6.20 Å². The molecule has 0 aliphatic carbocycles. The van der Waals surface area contributed by atoms with E-state index in [4.69, 9.17) is 5.73 Å². The Hall–Kier alpha value is -2.04. The maximum absolute atomic E-state index is 13.1. The van der Waals surface area contributed by atoms with E-state index in [-0.39, 0.29) is 5.56 Å². The van der Waals surface area contributed by atoms with Crippen LogP contribution in [0.5, 0.6) is 0 Å². The number of pyridine rings is 1. The van der Waals surface area contributed by atoms with E-state index in [9.17, 15) is 13.2 Å². The Morgan fingerprint density at radius 2 is 1.65 bits per heavy atom. The van der Waals surface area contributed by atoms with Crippen LogP contribution < -0.4 is 5.73 Å². The Morgan fingerprint density at radius 3 is 2.18 bits per heavy atom. The molecule has 2 nitrogen and oxygen atoms in total. The highest BCUT2D eigenvalue weighted by molar-refractivity contribution is 5.64. The Bertz CT molecular complexity index is 559. The minimum absolute atomic E-state index is 0.180. The molecule has 0 atom stereocenters. The average molecular weight is 238 g/mol. The second kappa shape index (κ2) is 4.08. The molecular formula is C12H9F3N2. The van der Waals surface area contributed by atoms with E-state index < -0.39 is 17.5 Å². The highest BCUT2D eigenvalue weighted by Crippen LogP contribution is 2.25. The topological polar surface area (TPSA) is 38.9 Å². The third-order valence-electron chi connectivity index (χ3n) is 2.36. The zero-order valence-corrected chi connectivity index (χ0v) is 8.97. The van der Waals surface area contributed by atoms with E-state index in [2.05, 4.69) is 4.98 Å². The van der Waals surface area contributed by atoms with Crippen molar-refractivity contribution in [3.63, 3.8) is 0 Å². The monoisotopic (exact) mass is 238 g/mol. The van der Waals surface area contributed by atoms with E-state index in [1.54, 1.807) is 13.0 Å². The van der Waals surface area contributed by atoms with Crippen LogP contribution in [0.2, 0.25) is 0 Å². The van der Waals surface area contributed by atoms with Crippen LogP contribution in [0.1, 0.15) is 5.56 Å². The summed E-state index contributed by atoms with van der Waals surface area (Å²) >= 11 is 0. The molecule has 0 fully saturated rings. The van der Waals surface area contributed by atoms with Gasteiger partial charge in [0.25, 0.3) is 0 Å². The maximum Gasteiger partial charge on any atom is 0.194 e. The number of hydrogen-bond acceptors (Lipinski definition) is 2. The minimum atomic E-state index is -1.48. The summed E-state index contributed by atoms with van der Waals surface area (Å²) in [5, 5.41) is 0. The summed E-state index contributed by atoms with van der Waals surface area (Å²) in [5.41, 5.74) is 7.19. The van der Waals surface area contributed by atoms with Crippen molar-refractivity contribution in [2.45, 2.75) is 6.92 Å². The number of anilines is 1. The SMILES string of the molecule is Cc1cc(N)cnc1-c1cc(F)c(F)c(F)c1. The predicted molar refractivity (Wildman–Crippen MR) is 58.7 cm³/mol. The van der Waals surface area contributed by atoms with Gasteiger partial charge in [0.1, 0.15) is 0 Å². The number of halogens is 3. The molecule has 0 unspecified atom stereocenters. The fraction of sp³-hybridized carbons (Fsp3) is 0.0833. The zero-order chi connectivity index (χ0) is 12.6. The van der Waals surface area contributed by atoms with Gasteiger partial charge in [0.05, 0.1) is 17.6 Å². The molecule has 17 heavy (non-hydrogen) atoms. The Balaban J connectivity index is 2.61. The lowest BCUT2D eigenvalue weighted by molar-refractivity contribution is 0.447. The van der Waals surface area contributed by atoms with Crippen LogP contribution in [0.3, 0.4) is 0 Å². The molecular weight excluding hydrogens is 229 g/mol. The number of nitrogens with zero attached hydrogens (tertiary/aromatic N) is 1. The first-order valence-electron chi connectivity index (χ1n) is 4.86. The second-order valence-corrected chi connectivity index (χ2v) is 3.69. The fourth-order valence-electron chi connectivity index (χ4n) is 1.59. The lowest BCUT2D eigenvalue weighted by atomic mass is 10.1. The van der Waals surface area contributed by atoms with Crippen molar-refractivity contribution >= 4 is 5.69 Å². The summed E-state index contributed by atoms with van der Waals surface area (Å²) < 4.78 is 38.9. The van der Waals surface area contributed by atoms with Crippen LogP contribution in [0.25, 0.3) is 11.3 Å². The van der Waals surface area contributed by atoms with E-state index in [0.717, 1.165) is 12.1 Å². The summed E-state index contributed by atoms with van der Waals surface area (Å²) in [7, 11) is 0. The first-order chi connectivity index (χ1) is 7.99. The Morgan fingerprint density at radius 1 is 1.06 bits per heavy atom. The second-order valence-electron chi connectivity index (χ2n) is 3.69. The van der Waals surface area contributed by atoms with Gasteiger partial charge in [-0.05, 0) is 30.7 Å². The smallest absolute Gasteiger partial charge is 0.194 e. The van der Waals surface area contributed by atoms with Crippen LogP contribution in [0.15, 0.2) is 24.4 Å². The molecule has 0 bridgehead atoms. The lowest BCUT2D eigenvalue weighted by Crippen LogP contribution is -1.96. The van der Waals surface area contributed by atoms with Crippen LogP contribution >= 0.6 is 0 Å². The maximum atomic E-state index is 13.1. The predicted octanol–water partition coefficient (Wildman–Crippen LogP) is 3.06. The molecule has 0 saturated carbocycles. The van der Waals surface area contributed by atoms with Crippen molar-refractivity contribution in [3.05, 3.63) is 47.4 Å². The number of nitrogens with two attached hydrogens (primary N) is 1. The van der Waals surface area contributed by atoms with E-state index >= 15 is 0 Å².